The lowest BCUT2D eigenvalue weighted by molar-refractivity contribution is 0.129. The molecule has 0 aliphatic carbocycles. The maximum atomic E-state index is 5.59. The van der Waals surface area contributed by atoms with Crippen molar-refractivity contribution < 1.29 is 4.42 Å². The Labute approximate surface area is 191 Å². The quantitative estimate of drug-likeness (QED) is 0.338. The zero-order valence-corrected chi connectivity index (χ0v) is 20.0. The Hall–Kier alpha value is -1.65. The first kappa shape index (κ1) is 23.6. The minimum absolute atomic E-state index is 0. The molecule has 8 heteroatoms. The van der Waals surface area contributed by atoms with Crippen LogP contribution in [0, 0.1) is 13.8 Å². The third-order valence-corrected chi connectivity index (χ3v) is 5.14. The van der Waals surface area contributed by atoms with Gasteiger partial charge < -0.3 is 15.1 Å². The van der Waals surface area contributed by atoms with Gasteiger partial charge in [-0.2, -0.15) is 0 Å². The Morgan fingerprint density at radius 1 is 1.07 bits per heavy atom. The van der Waals surface area contributed by atoms with Crippen molar-refractivity contribution in [1.82, 2.24) is 25.4 Å². The van der Waals surface area contributed by atoms with Gasteiger partial charge in [0.2, 0.25) is 5.89 Å². The van der Waals surface area contributed by atoms with Crippen molar-refractivity contribution in [2.75, 3.05) is 46.3 Å². The van der Waals surface area contributed by atoms with E-state index in [4.69, 9.17) is 4.42 Å². The van der Waals surface area contributed by atoms with Crippen LogP contribution in [0.3, 0.4) is 0 Å². The molecule has 1 aliphatic rings. The van der Waals surface area contributed by atoms with Gasteiger partial charge in [0, 0.05) is 52.9 Å². The van der Waals surface area contributed by atoms with Crippen LogP contribution in [0.2, 0.25) is 0 Å². The Kier molecular flexibility index (Phi) is 9.89. The predicted octanol–water partition coefficient (Wildman–Crippen LogP) is 2.39. The van der Waals surface area contributed by atoms with Gasteiger partial charge in [0.1, 0.15) is 5.76 Å². The number of piperazine rings is 1. The van der Waals surface area contributed by atoms with Gasteiger partial charge in [-0.25, -0.2) is 4.98 Å². The average Bonchev–Trinajstić information content (AvgIpc) is 3.04. The molecule has 3 rings (SSSR count). The van der Waals surface area contributed by atoms with Gasteiger partial charge in [0.15, 0.2) is 5.96 Å². The first-order chi connectivity index (χ1) is 13.6. The summed E-state index contributed by atoms with van der Waals surface area (Å²) >= 11 is 0. The Balaban J connectivity index is 0.00000300. The molecular weight excluding hydrogens is 479 g/mol. The molecule has 1 aliphatic heterocycles. The summed E-state index contributed by atoms with van der Waals surface area (Å²) in [5.74, 6) is 2.33. The molecule has 2 heterocycles. The molecule has 1 aromatic heterocycles. The number of aliphatic imine (C=N–C) groups is 1. The highest BCUT2D eigenvalue weighted by Gasteiger charge is 2.16. The second-order valence-corrected chi connectivity index (χ2v) is 7.21. The van der Waals surface area contributed by atoms with E-state index in [2.05, 4.69) is 60.7 Å². The summed E-state index contributed by atoms with van der Waals surface area (Å²) in [5, 5.41) is 6.63. The van der Waals surface area contributed by atoms with E-state index >= 15 is 0 Å². The fraction of sp³-hybridized carbons (Fsp3) is 0.524. The number of guanidine groups is 1. The molecule has 0 spiro atoms. The van der Waals surface area contributed by atoms with E-state index in [1.54, 1.807) is 7.05 Å². The van der Waals surface area contributed by atoms with Crippen LogP contribution in [0.4, 0.5) is 0 Å². The molecule has 2 N–H and O–H groups in total. The maximum absolute atomic E-state index is 5.59. The molecule has 0 unspecified atom stereocenters. The van der Waals surface area contributed by atoms with Gasteiger partial charge in [-0.15, -0.1) is 24.0 Å². The van der Waals surface area contributed by atoms with E-state index in [1.165, 1.54) is 5.56 Å². The van der Waals surface area contributed by atoms with Crippen LogP contribution < -0.4 is 10.6 Å². The van der Waals surface area contributed by atoms with E-state index in [0.29, 0.717) is 12.4 Å². The average molecular weight is 512 g/mol. The topological polar surface area (TPSA) is 68.9 Å². The summed E-state index contributed by atoms with van der Waals surface area (Å²) in [5.41, 5.74) is 2.33. The fourth-order valence-corrected chi connectivity index (χ4v) is 3.34. The molecule has 0 atom stereocenters. The van der Waals surface area contributed by atoms with E-state index in [1.807, 2.05) is 13.8 Å². The first-order valence-electron chi connectivity index (χ1n) is 10.00. The minimum Gasteiger partial charge on any atom is -0.444 e. The number of aryl methyl sites for hydroxylation is 2. The molecule has 1 fully saturated rings. The number of nitrogens with one attached hydrogen (secondary N) is 2. The summed E-state index contributed by atoms with van der Waals surface area (Å²) in [6, 6.07) is 10.7. The fourth-order valence-electron chi connectivity index (χ4n) is 3.34. The third-order valence-electron chi connectivity index (χ3n) is 5.14. The highest BCUT2D eigenvalue weighted by Crippen LogP contribution is 2.08. The lowest BCUT2D eigenvalue weighted by Crippen LogP contribution is -2.48. The van der Waals surface area contributed by atoms with Crippen molar-refractivity contribution in [3.8, 4) is 0 Å². The smallest absolute Gasteiger partial charge is 0.214 e. The molecule has 29 heavy (non-hydrogen) atoms. The number of oxazole rings is 1. The van der Waals surface area contributed by atoms with Crippen molar-refractivity contribution >= 4 is 29.9 Å². The minimum atomic E-state index is 0. The maximum Gasteiger partial charge on any atom is 0.214 e. The van der Waals surface area contributed by atoms with E-state index in [9.17, 15) is 0 Å². The molecule has 0 radical (unpaired) electrons. The zero-order valence-electron chi connectivity index (χ0n) is 17.6. The van der Waals surface area contributed by atoms with Crippen LogP contribution in [0.5, 0.6) is 0 Å². The number of rotatable bonds is 7. The lowest BCUT2D eigenvalue weighted by Gasteiger charge is -2.34. The molecule has 1 saturated heterocycles. The Bertz CT molecular complexity index is 736. The molecular formula is C21H33IN6O. The molecule has 160 valence electrons. The van der Waals surface area contributed by atoms with Gasteiger partial charge in [-0.05, 0) is 19.4 Å². The Morgan fingerprint density at radius 2 is 1.76 bits per heavy atom. The van der Waals surface area contributed by atoms with Crippen molar-refractivity contribution in [2.24, 2.45) is 4.99 Å². The first-order valence-corrected chi connectivity index (χ1v) is 10.00. The van der Waals surface area contributed by atoms with Gasteiger partial charge in [0.05, 0.1) is 12.2 Å². The molecule has 0 amide bonds. The van der Waals surface area contributed by atoms with Crippen molar-refractivity contribution in [1.29, 1.82) is 0 Å². The number of aromatic nitrogens is 1. The molecule has 1 aromatic carbocycles. The van der Waals surface area contributed by atoms with Gasteiger partial charge >= 0.3 is 0 Å². The SMILES string of the molecule is CN=C(NCCN1CCN(Cc2ccccc2)CC1)NCc1nc(C)c(C)o1.I. The van der Waals surface area contributed by atoms with Crippen molar-refractivity contribution in [3.63, 3.8) is 0 Å². The lowest BCUT2D eigenvalue weighted by atomic mass is 10.2. The second-order valence-electron chi connectivity index (χ2n) is 7.21. The van der Waals surface area contributed by atoms with Crippen LogP contribution in [-0.4, -0.2) is 67.1 Å². The third kappa shape index (κ3) is 7.60. The summed E-state index contributed by atoms with van der Waals surface area (Å²) in [4.78, 5) is 13.7. The van der Waals surface area contributed by atoms with Crippen LogP contribution >= 0.6 is 24.0 Å². The zero-order chi connectivity index (χ0) is 19.8. The second kappa shape index (κ2) is 12.1. The summed E-state index contributed by atoms with van der Waals surface area (Å²) < 4.78 is 5.59. The predicted molar refractivity (Wildman–Crippen MR) is 128 cm³/mol. The molecule has 2 aromatic rings. The highest BCUT2D eigenvalue weighted by molar-refractivity contribution is 14.0. The highest BCUT2D eigenvalue weighted by atomic mass is 127. The van der Waals surface area contributed by atoms with Crippen LogP contribution in [0.1, 0.15) is 22.9 Å². The monoisotopic (exact) mass is 512 g/mol. The van der Waals surface area contributed by atoms with E-state index in [-0.39, 0.29) is 24.0 Å². The largest absolute Gasteiger partial charge is 0.444 e. The van der Waals surface area contributed by atoms with Crippen LogP contribution in [0.25, 0.3) is 0 Å². The number of hydrogen-bond donors (Lipinski definition) is 2. The van der Waals surface area contributed by atoms with Gasteiger partial charge in [-0.1, -0.05) is 30.3 Å². The summed E-state index contributed by atoms with van der Waals surface area (Å²) in [7, 11) is 1.78. The number of benzene rings is 1. The van der Waals surface area contributed by atoms with E-state index in [0.717, 1.165) is 63.2 Å². The van der Waals surface area contributed by atoms with Crippen molar-refractivity contribution in [3.05, 3.63) is 53.2 Å². The van der Waals surface area contributed by atoms with Crippen LogP contribution in [-0.2, 0) is 13.1 Å². The molecule has 0 bridgehead atoms. The Morgan fingerprint density at radius 3 is 2.38 bits per heavy atom. The standard InChI is InChI=1S/C21H32N6O.HI/c1-17-18(2)28-20(25-17)15-24-21(22-3)23-9-10-26-11-13-27(14-12-26)16-19-7-5-4-6-8-19;/h4-8H,9-16H2,1-3H3,(H2,22,23,24);1H. The normalized spacial score (nSPS) is 15.8. The van der Waals surface area contributed by atoms with Gasteiger partial charge in [-0.3, -0.25) is 14.8 Å². The summed E-state index contributed by atoms with van der Waals surface area (Å²) in [6.07, 6.45) is 0. The van der Waals surface area contributed by atoms with Gasteiger partial charge in [0.25, 0.3) is 0 Å². The number of nitrogens with zero attached hydrogens (tertiary/aromatic N) is 4. The van der Waals surface area contributed by atoms with Crippen LogP contribution in [0.15, 0.2) is 39.7 Å². The number of hydrogen-bond acceptors (Lipinski definition) is 5. The molecule has 7 nitrogen and oxygen atoms in total. The summed E-state index contributed by atoms with van der Waals surface area (Å²) in [6.45, 7) is 11.8. The van der Waals surface area contributed by atoms with Crippen molar-refractivity contribution in [2.45, 2.75) is 26.9 Å². The van der Waals surface area contributed by atoms with E-state index < -0.39 is 0 Å². The number of halogens is 1. The molecule has 0 saturated carbocycles.